The summed E-state index contributed by atoms with van der Waals surface area (Å²) in [4.78, 5) is 11.7. The van der Waals surface area contributed by atoms with Crippen molar-refractivity contribution in [2.45, 2.75) is 25.7 Å². The smallest absolute Gasteiger partial charge is 0.356 e. The van der Waals surface area contributed by atoms with Crippen molar-refractivity contribution in [3.8, 4) is 0 Å². The molecule has 2 rings (SSSR count). The predicted octanol–water partition coefficient (Wildman–Crippen LogP) is 0.889. The molecule has 1 unspecified atom stereocenters. The van der Waals surface area contributed by atoms with Gasteiger partial charge in [0.25, 0.3) is 0 Å². The number of rotatable bonds is 3. The van der Waals surface area contributed by atoms with Crippen molar-refractivity contribution in [2.75, 3.05) is 18.1 Å². The lowest BCUT2D eigenvalue weighted by Crippen LogP contribution is -2.24. The summed E-state index contributed by atoms with van der Waals surface area (Å²) in [5.41, 5.74) is 1.02. The maximum atomic E-state index is 11.7. The van der Waals surface area contributed by atoms with E-state index in [1.54, 1.807) is 20.0 Å². The SMILES string of the molecule is CCOC(=O)c1cc(C2CCCS(=O)(=O)C2)nn1C. The molecule has 1 aliphatic rings. The second-order valence-electron chi connectivity index (χ2n) is 4.75. The third-order valence-electron chi connectivity index (χ3n) is 3.26. The molecule has 106 valence electrons. The summed E-state index contributed by atoms with van der Waals surface area (Å²) in [6.45, 7) is 2.04. The average molecular weight is 286 g/mol. The number of carbonyl (C=O) groups is 1. The molecule has 1 aromatic heterocycles. The molecule has 6 nitrogen and oxygen atoms in total. The van der Waals surface area contributed by atoms with E-state index >= 15 is 0 Å². The van der Waals surface area contributed by atoms with Crippen LogP contribution in [0.25, 0.3) is 0 Å². The standard InChI is InChI=1S/C12H18N2O4S/c1-3-18-12(15)11-7-10(13-14(11)2)9-5-4-6-19(16,17)8-9/h7,9H,3-6,8H2,1-2H3. The zero-order chi connectivity index (χ0) is 14.0. The predicted molar refractivity (Wildman–Crippen MR) is 69.8 cm³/mol. The molecule has 1 aromatic rings. The van der Waals surface area contributed by atoms with E-state index in [1.165, 1.54) is 4.68 Å². The molecular formula is C12H18N2O4S. The Labute approximate surface area is 112 Å². The van der Waals surface area contributed by atoms with E-state index < -0.39 is 15.8 Å². The number of aryl methyl sites for hydroxylation is 1. The summed E-state index contributed by atoms with van der Waals surface area (Å²) in [6, 6.07) is 1.64. The fourth-order valence-electron chi connectivity index (χ4n) is 2.34. The highest BCUT2D eigenvalue weighted by molar-refractivity contribution is 7.91. The molecule has 1 saturated heterocycles. The number of aromatic nitrogens is 2. The minimum absolute atomic E-state index is 0.117. The summed E-state index contributed by atoms with van der Waals surface area (Å²) in [5.74, 6) is -0.177. The van der Waals surface area contributed by atoms with Gasteiger partial charge in [-0.15, -0.1) is 0 Å². The fraction of sp³-hybridized carbons (Fsp3) is 0.667. The van der Waals surface area contributed by atoms with Gasteiger partial charge in [0, 0.05) is 13.0 Å². The molecule has 0 saturated carbocycles. The van der Waals surface area contributed by atoms with Gasteiger partial charge < -0.3 is 4.74 Å². The van der Waals surface area contributed by atoms with Crippen molar-refractivity contribution in [1.82, 2.24) is 9.78 Å². The topological polar surface area (TPSA) is 78.3 Å². The Morgan fingerprint density at radius 3 is 2.95 bits per heavy atom. The van der Waals surface area contributed by atoms with Crippen LogP contribution in [0.4, 0.5) is 0 Å². The first-order valence-corrected chi connectivity index (χ1v) is 8.16. The number of hydrogen-bond donors (Lipinski definition) is 0. The summed E-state index contributed by atoms with van der Waals surface area (Å²) < 4.78 is 29.7. The molecule has 1 fully saturated rings. The highest BCUT2D eigenvalue weighted by Crippen LogP contribution is 2.27. The van der Waals surface area contributed by atoms with Crippen molar-refractivity contribution in [3.05, 3.63) is 17.5 Å². The minimum atomic E-state index is -2.98. The van der Waals surface area contributed by atoms with Crippen LogP contribution in [0.5, 0.6) is 0 Å². The van der Waals surface area contributed by atoms with Gasteiger partial charge in [-0.1, -0.05) is 0 Å². The molecular weight excluding hydrogens is 268 g/mol. The second kappa shape index (κ2) is 5.32. The van der Waals surface area contributed by atoms with Gasteiger partial charge in [-0.3, -0.25) is 4.68 Å². The van der Waals surface area contributed by atoms with E-state index in [0.717, 1.165) is 6.42 Å². The zero-order valence-electron chi connectivity index (χ0n) is 11.1. The molecule has 2 heterocycles. The van der Waals surface area contributed by atoms with E-state index in [-0.39, 0.29) is 17.4 Å². The zero-order valence-corrected chi connectivity index (χ0v) is 11.9. The molecule has 0 amide bonds. The van der Waals surface area contributed by atoms with Crippen molar-refractivity contribution < 1.29 is 17.9 Å². The van der Waals surface area contributed by atoms with Crippen molar-refractivity contribution >= 4 is 15.8 Å². The number of nitrogens with zero attached hydrogens (tertiary/aromatic N) is 2. The van der Waals surface area contributed by atoms with Crippen LogP contribution in [-0.4, -0.2) is 42.3 Å². The quantitative estimate of drug-likeness (QED) is 0.771. The molecule has 19 heavy (non-hydrogen) atoms. The molecule has 7 heteroatoms. The largest absolute Gasteiger partial charge is 0.461 e. The molecule has 0 spiro atoms. The van der Waals surface area contributed by atoms with Crippen LogP contribution in [0.3, 0.4) is 0 Å². The lowest BCUT2D eigenvalue weighted by molar-refractivity contribution is 0.0513. The minimum Gasteiger partial charge on any atom is -0.461 e. The summed E-state index contributed by atoms with van der Waals surface area (Å²) in [5, 5.41) is 4.25. The van der Waals surface area contributed by atoms with Crippen LogP contribution < -0.4 is 0 Å². The summed E-state index contributed by atoms with van der Waals surface area (Å²) in [7, 11) is -1.32. The molecule has 1 aliphatic heterocycles. The van der Waals surface area contributed by atoms with Gasteiger partial charge in [-0.25, -0.2) is 13.2 Å². The second-order valence-corrected chi connectivity index (χ2v) is 6.98. The first-order chi connectivity index (χ1) is 8.93. The Morgan fingerprint density at radius 1 is 1.58 bits per heavy atom. The number of carbonyl (C=O) groups excluding carboxylic acids is 1. The molecule has 0 N–H and O–H groups in total. The van der Waals surface area contributed by atoms with E-state index in [2.05, 4.69) is 5.10 Å². The third-order valence-corrected chi connectivity index (χ3v) is 5.09. The molecule has 0 radical (unpaired) electrons. The van der Waals surface area contributed by atoms with Gasteiger partial charge in [0.2, 0.25) is 0 Å². The monoisotopic (exact) mass is 286 g/mol. The highest BCUT2D eigenvalue weighted by Gasteiger charge is 2.29. The fourth-order valence-corrected chi connectivity index (χ4v) is 4.06. The lowest BCUT2D eigenvalue weighted by atomic mass is 10.0. The van der Waals surface area contributed by atoms with Crippen LogP contribution >= 0.6 is 0 Å². The third kappa shape index (κ3) is 3.15. The first kappa shape index (κ1) is 14.0. The van der Waals surface area contributed by atoms with Crippen LogP contribution in [0, 0.1) is 0 Å². The van der Waals surface area contributed by atoms with Gasteiger partial charge in [0.1, 0.15) is 5.69 Å². The maximum Gasteiger partial charge on any atom is 0.356 e. The Balaban J connectivity index is 2.22. The molecule has 0 aromatic carbocycles. The molecule has 1 atom stereocenters. The van der Waals surface area contributed by atoms with E-state index in [4.69, 9.17) is 4.74 Å². The average Bonchev–Trinajstić information content (AvgIpc) is 2.70. The number of hydrogen-bond acceptors (Lipinski definition) is 5. The molecule has 0 aliphatic carbocycles. The van der Waals surface area contributed by atoms with Crippen molar-refractivity contribution in [1.29, 1.82) is 0 Å². The van der Waals surface area contributed by atoms with Crippen LogP contribution in [0.2, 0.25) is 0 Å². The van der Waals surface area contributed by atoms with Crippen molar-refractivity contribution in [2.24, 2.45) is 7.05 Å². The van der Waals surface area contributed by atoms with Crippen molar-refractivity contribution in [3.63, 3.8) is 0 Å². The van der Waals surface area contributed by atoms with Gasteiger partial charge in [-0.05, 0) is 25.8 Å². The van der Waals surface area contributed by atoms with Crippen LogP contribution in [-0.2, 0) is 21.6 Å². The van der Waals surface area contributed by atoms with Gasteiger partial charge in [-0.2, -0.15) is 5.10 Å². The van der Waals surface area contributed by atoms with Gasteiger partial charge in [0.05, 0.1) is 23.8 Å². The number of sulfone groups is 1. The Hall–Kier alpha value is -1.37. The summed E-state index contributed by atoms with van der Waals surface area (Å²) >= 11 is 0. The highest BCUT2D eigenvalue weighted by atomic mass is 32.2. The van der Waals surface area contributed by atoms with Gasteiger partial charge >= 0.3 is 5.97 Å². The number of ether oxygens (including phenoxy) is 1. The van der Waals surface area contributed by atoms with Gasteiger partial charge in [0.15, 0.2) is 9.84 Å². The first-order valence-electron chi connectivity index (χ1n) is 6.34. The lowest BCUT2D eigenvalue weighted by Gasteiger charge is -2.19. The summed E-state index contributed by atoms with van der Waals surface area (Å²) in [6.07, 6.45) is 1.44. The maximum absolute atomic E-state index is 11.7. The Kier molecular flexibility index (Phi) is 3.93. The molecule has 0 bridgehead atoms. The normalized spacial score (nSPS) is 22.1. The van der Waals surface area contributed by atoms with Crippen LogP contribution in [0.15, 0.2) is 6.07 Å². The van der Waals surface area contributed by atoms with E-state index in [0.29, 0.717) is 24.4 Å². The van der Waals surface area contributed by atoms with Crippen LogP contribution in [0.1, 0.15) is 41.9 Å². The number of esters is 1. The Morgan fingerprint density at radius 2 is 2.32 bits per heavy atom. The van der Waals surface area contributed by atoms with E-state index in [1.807, 2.05) is 0 Å². The van der Waals surface area contributed by atoms with E-state index in [9.17, 15) is 13.2 Å². The Bertz CT molecular complexity index is 577.